The topological polar surface area (TPSA) is 72.3 Å². The van der Waals surface area contributed by atoms with E-state index in [4.69, 9.17) is 11.6 Å². The van der Waals surface area contributed by atoms with Gasteiger partial charge in [-0.05, 0) is 23.8 Å². The molecule has 0 saturated carbocycles. The minimum Gasteiger partial charge on any atom is -0.332 e. The number of nitrogens with zero attached hydrogens (tertiary/aromatic N) is 5. The van der Waals surface area contributed by atoms with E-state index in [0.29, 0.717) is 6.54 Å². The van der Waals surface area contributed by atoms with E-state index in [1.165, 1.54) is 0 Å². The van der Waals surface area contributed by atoms with Gasteiger partial charge in [-0.25, -0.2) is 4.98 Å². The minimum atomic E-state index is -1.61. The van der Waals surface area contributed by atoms with E-state index in [0.717, 1.165) is 38.5 Å². The van der Waals surface area contributed by atoms with E-state index in [2.05, 4.69) is 45.0 Å². The normalized spacial score (nSPS) is 11.7. The molecule has 1 N–H and O–H groups in total. The Morgan fingerprint density at radius 3 is 2.64 bits per heavy atom. The van der Waals surface area contributed by atoms with Gasteiger partial charge in [0.2, 0.25) is 0 Å². The average molecular weight is 409 g/mol. The molecule has 0 aliphatic rings. The number of rotatable bonds is 5. The molecule has 0 aliphatic carbocycles. The van der Waals surface area contributed by atoms with E-state index in [1.54, 1.807) is 12.5 Å². The molecule has 0 aliphatic heterocycles. The van der Waals surface area contributed by atoms with Crippen LogP contribution in [0.15, 0.2) is 55.1 Å². The maximum absolute atomic E-state index is 6.27. The molecule has 0 radical (unpaired) electrons. The molecule has 0 spiro atoms. The number of halogens is 1. The number of pyridine rings is 1. The van der Waals surface area contributed by atoms with Crippen molar-refractivity contribution in [2.75, 3.05) is 0 Å². The van der Waals surface area contributed by atoms with Gasteiger partial charge in [0, 0.05) is 29.5 Å². The van der Waals surface area contributed by atoms with E-state index in [1.807, 2.05) is 47.2 Å². The molecule has 0 amide bonds. The van der Waals surface area contributed by atoms with Gasteiger partial charge in [0.1, 0.15) is 19.5 Å². The first-order valence-electron chi connectivity index (χ1n) is 9.05. The molecule has 3 heterocycles. The van der Waals surface area contributed by atoms with Gasteiger partial charge in [-0.1, -0.05) is 49.4 Å². The Bertz CT molecular complexity index is 1110. The molecule has 28 heavy (non-hydrogen) atoms. The fourth-order valence-electron chi connectivity index (χ4n) is 3.08. The van der Waals surface area contributed by atoms with Crippen molar-refractivity contribution in [1.82, 2.24) is 29.9 Å². The Hall–Kier alpha value is -2.77. The summed E-state index contributed by atoms with van der Waals surface area (Å²) in [5, 5.41) is 13.4. The maximum Gasteiger partial charge on any atom is 0.111 e. The van der Waals surface area contributed by atoms with E-state index >= 15 is 0 Å². The highest BCUT2D eigenvalue weighted by atomic mass is 35.5. The molecule has 4 aromatic rings. The molecule has 0 saturated heterocycles. The number of H-pyrrole nitrogens is 1. The Balaban J connectivity index is 1.64. The van der Waals surface area contributed by atoms with Gasteiger partial charge in [-0.2, -0.15) is 15.4 Å². The van der Waals surface area contributed by atoms with Crippen molar-refractivity contribution >= 4 is 25.0 Å². The minimum absolute atomic E-state index is 0.662. The fraction of sp³-hybridized carbons (Fsp3) is 0.200. The lowest BCUT2D eigenvalue weighted by Gasteiger charge is -2.13. The van der Waals surface area contributed by atoms with Crippen molar-refractivity contribution in [3.63, 3.8) is 0 Å². The van der Waals surface area contributed by atoms with Gasteiger partial charge in [-0.3, -0.25) is 4.98 Å². The van der Waals surface area contributed by atoms with Crippen molar-refractivity contribution in [1.29, 1.82) is 0 Å². The first-order valence-corrected chi connectivity index (χ1v) is 12.9. The zero-order chi connectivity index (χ0) is 19.7. The monoisotopic (exact) mass is 408 g/mol. The quantitative estimate of drug-likeness (QED) is 0.507. The highest BCUT2D eigenvalue weighted by Crippen LogP contribution is 2.23. The van der Waals surface area contributed by atoms with Gasteiger partial charge >= 0.3 is 0 Å². The summed E-state index contributed by atoms with van der Waals surface area (Å²) < 4.78 is 2.01. The molecular weight excluding hydrogens is 388 g/mol. The van der Waals surface area contributed by atoms with Crippen LogP contribution in [0.4, 0.5) is 0 Å². The number of aromatic amines is 1. The smallest absolute Gasteiger partial charge is 0.111 e. The second-order valence-corrected chi connectivity index (χ2v) is 13.1. The Morgan fingerprint density at radius 2 is 1.86 bits per heavy atom. The van der Waals surface area contributed by atoms with E-state index in [-0.39, 0.29) is 0 Å². The van der Waals surface area contributed by atoms with Gasteiger partial charge in [0.05, 0.1) is 17.3 Å². The molecule has 0 atom stereocenters. The molecular formula is C20H21ClN6Si. The van der Waals surface area contributed by atoms with Gasteiger partial charge in [-0.15, -0.1) is 0 Å². The zero-order valence-electron chi connectivity index (χ0n) is 16.0. The first kappa shape index (κ1) is 18.6. The number of hydrogen-bond acceptors (Lipinski definition) is 4. The highest BCUT2D eigenvalue weighted by molar-refractivity contribution is 6.89. The van der Waals surface area contributed by atoms with Gasteiger partial charge < -0.3 is 4.57 Å². The number of nitrogens with one attached hydrogen (secondary N) is 1. The van der Waals surface area contributed by atoms with Crippen LogP contribution in [0.2, 0.25) is 24.7 Å². The fourth-order valence-corrected chi connectivity index (χ4v) is 4.57. The SMILES string of the molecule is C[Si](C)(C)c1n[nH]nc1-c1ccnc(-c2cn(Cc3ccccc3Cl)cn2)c1. The van der Waals surface area contributed by atoms with Crippen molar-refractivity contribution < 1.29 is 0 Å². The van der Waals surface area contributed by atoms with E-state index in [9.17, 15) is 0 Å². The first-order chi connectivity index (χ1) is 13.4. The van der Waals surface area contributed by atoms with Crippen LogP contribution in [-0.2, 0) is 6.54 Å². The molecule has 0 bridgehead atoms. The lowest BCUT2D eigenvalue weighted by Crippen LogP contribution is -2.40. The van der Waals surface area contributed by atoms with Crippen molar-refractivity contribution in [2.45, 2.75) is 26.2 Å². The van der Waals surface area contributed by atoms with Crippen LogP contribution < -0.4 is 5.32 Å². The number of aromatic nitrogens is 6. The number of imidazole rings is 1. The van der Waals surface area contributed by atoms with Crippen LogP contribution in [0.1, 0.15) is 5.56 Å². The third-order valence-electron chi connectivity index (χ3n) is 4.50. The zero-order valence-corrected chi connectivity index (χ0v) is 17.8. The third-order valence-corrected chi connectivity index (χ3v) is 6.64. The van der Waals surface area contributed by atoms with Gasteiger partial charge in [0.25, 0.3) is 0 Å². The standard InChI is InChI=1S/C20H21ClN6Si/c1-28(2,3)20-19(24-26-25-20)14-8-9-22-17(10-14)18-12-27(13-23-18)11-15-6-4-5-7-16(15)21/h4-10,12-13H,11H2,1-3H3,(H,24,25,26). The third kappa shape index (κ3) is 3.76. The molecule has 3 aromatic heterocycles. The Labute approximate surface area is 169 Å². The number of hydrogen-bond donors (Lipinski definition) is 1. The lowest BCUT2D eigenvalue weighted by molar-refractivity contribution is 0.798. The molecule has 0 unspecified atom stereocenters. The Morgan fingerprint density at radius 1 is 1.04 bits per heavy atom. The summed E-state index contributed by atoms with van der Waals surface area (Å²) in [5.41, 5.74) is 4.57. The largest absolute Gasteiger partial charge is 0.332 e. The van der Waals surface area contributed by atoms with Crippen molar-refractivity contribution in [3.05, 3.63) is 65.7 Å². The van der Waals surface area contributed by atoms with Crippen molar-refractivity contribution in [2.24, 2.45) is 0 Å². The molecule has 6 nitrogen and oxygen atoms in total. The summed E-state index contributed by atoms with van der Waals surface area (Å²) in [6.45, 7) is 7.43. The summed E-state index contributed by atoms with van der Waals surface area (Å²) in [6.07, 6.45) is 5.58. The van der Waals surface area contributed by atoms with Crippen LogP contribution in [0.25, 0.3) is 22.6 Å². The second-order valence-electron chi connectivity index (χ2n) is 7.72. The predicted molar refractivity (Wildman–Crippen MR) is 114 cm³/mol. The molecule has 4 rings (SSSR count). The summed E-state index contributed by atoms with van der Waals surface area (Å²) in [6, 6.07) is 11.8. The molecule has 142 valence electrons. The van der Waals surface area contributed by atoms with Crippen LogP contribution in [0.3, 0.4) is 0 Å². The Kier molecular flexibility index (Phi) is 4.86. The molecule has 0 fully saturated rings. The predicted octanol–water partition coefficient (Wildman–Crippen LogP) is 3.98. The molecule has 8 heteroatoms. The van der Waals surface area contributed by atoms with Gasteiger partial charge in [0.15, 0.2) is 0 Å². The summed E-state index contributed by atoms with van der Waals surface area (Å²) >= 11 is 6.27. The second kappa shape index (κ2) is 7.33. The maximum atomic E-state index is 6.27. The van der Waals surface area contributed by atoms with Crippen LogP contribution in [0.5, 0.6) is 0 Å². The van der Waals surface area contributed by atoms with E-state index < -0.39 is 8.07 Å². The summed E-state index contributed by atoms with van der Waals surface area (Å²) in [7, 11) is -1.61. The van der Waals surface area contributed by atoms with Crippen LogP contribution in [0, 0.1) is 0 Å². The summed E-state index contributed by atoms with van der Waals surface area (Å²) in [4.78, 5) is 9.03. The van der Waals surface area contributed by atoms with Crippen molar-refractivity contribution in [3.8, 4) is 22.6 Å². The molecule has 1 aromatic carbocycles. The summed E-state index contributed by atoms with van der Waals surface area (Å²) in [5.74, 6) is 0. The van der Waals surface area contributed by atoms with Crippen LogP contribution in [-0.4, -0.2) is 38.0 Å². The average Bonchev–Trinajstić information content (AvgIpc) is 3.33. The number of benzene rings is 1. The van der Waals surface area contributed by atoms with Crippen LogP contribution >= 0.6 is 11.6 Å². The lowest BCUT2D eigenvalue weighted by atomic mass is 10.1. The highest BCUT2D eigenvalue weighted by Gasteiger charge is 2.25.